The van der Waals surface area contributed by atoms with Crippen LogP contribution in [-0.4, -0.2) is 10.7 Å². The number of aliphatic hydroxyl groups is 1. The first kappa shape index (κ1) is 17.9. The SMILES string of the molecule is C=C(C)CC1(O)CC(c2ccccc2)[NH2+]C(c2ccccc2)C1CC. The molecule has 0 bridgehead atoms. The van der Waals surface area contributed by atoms with Gasteiger partial charge in [0.1, 0.15) is 12.1 Å². The van der Waals surface area contributed by atoms with Crippen molar-refractivity contribution in [3.8, 4) is 0 Å². The molecule has 1 heterocycles. The summed E-state index contributed by atoms with van der Waals surface area (Å²) in [6.07, 6.45) is 2.40. The lowest BCUT2D eigenvalue weighted by Crippen LogP contribution is -2.91. The molecule has 1 saturated heterocycles. The predicted molar refractivity (Wildman–Crippen MR) is 103 cm³/mol. The highest BCUT2D eigenvalue weighted by Gasteiger charge is 2.50. The molecule has 1 aliphatic heterocycles. The van der Waals surface area contributed by atoms with Gasteiger partial charge in [-0.15, -0.1) is 6.58 Å². The molecule has 0 radical (unpaired) electrons. The summed E-state index contributed by atoms with van der Waals surface area (Å²) >= 11 is 0. The molecule has 0 aromatic heterocycles. The van der Waals surface area contributed by atoms with E-state index in [2.05, 4.69) is 79.5 Å². The van der Waals surface area contributed by atoms with E-state index in [0.29, 0.717) is 6.42 Å². The Morgan fingerprint density at radius 3 is 2.16 bits per heavy atom. The molecule has 2 nitrogen and oxygen atoms in total. The van der Waals surface area contributed by atoms with Crippen molar-refractivity contribution in [3.63, 3.8) is 0 Å². The summed E-state index contributed by atoms with van der Waals surface area (Å²) in [6, 6.07) is 21.7. The third kappa shape index (κ3) is 3.86. The van der Waals surface area contributed by atoms with Gasteiger partial charge in [-0.1, -0.05) is 73.2 Å². The van der Waals surface area contributed by atoms with Gasteiger partial charge >= 0.3 is 0 Å². The minimum absolute atomic E-state index is 0.214. The van der Waals surface area contributed by atoms with Crippen LogP contribution < -0.4 is 5.32 Å². The fraction of sp³-hybridized carbons (Fsp3) is 0.391. The molecule has 2 aromatic rings. The molecule has 0 saturated carbocycles. The number of rotatable bonds is 5. The van der Waals surface area contributed by atoms with Crippen LogP contribution in [-0.2, 0) is 0 Å². The van der Waals surface area contributed by atoms with Crippen LogP contribution in [0.5, 0.6) is 0 Å². The van der Waals surface area contributed by atoms with Crippen molar-refractivity contribution in [3.05, 3.63) is 83.9 Å². The Kier molecular flexibility index (Phi) is 5.41. The monoisotopic (exact) mass is 336 g/mol. The van der Waals surface area contributed by atoms with Crippen molar-refractivity contribution in [1.82, 2.24) is 0 Å². The molecule has 0 spiro atoms. The summed E-state index contributed by atoms with van der Waals surface area (Å²) in [6.45, 7) is 8.31. The van der Waals surface area contributed by atoms with Gasteiger partial charge in [-0.3, -0.25) is 0 Å². The molecule has 2 heteroatoms. The standard InChI is InChI=1S/C23H29NO/c1-4-20-22(19-13-9-6-10-14-19)24-21(18-11-7-5-8-12-18)16-23(20,25)15-17(2)3/h5-14,20-22,24-25H,2,4,15-16H2,1,3H3/p+1. The second kappa shape index (κ2) is 7.55. The van der Waals surface area contributed by atoms with Crippen molar-refractivity contribution in [2.45, 2.75) is 50.8 Å². The van der Waals surface area contributed by atoms with Crippen LogP contribution in [0.2, 0.25) is 0 Å². The Balaban J connectivity index is 2.01. The van der Waals surface area contributed by atoms with Gasteiger partial charge < -0.3 is 10.4 Å². The largest absolute Gasteiger partial charge is 0.389 e. The summed E-state index contributed by atoms with van der Waals surface area (Å²) < 4.78 is 0. The molecular weight excluding hydrogens is 306 g/mol. The van der Waals surface area contributed by atoms with E-state index in [1.807, 2.05) is 6.92 Å². The Labute approximate surface area is 151 Å². The average Bonchev–Trinajstić information content (AvgIpc) is 2.61. The molecule has 0 amide bonds. The first-order valence-corrected chi connectivity index (χ1v) is 9.35. The van der Waals surface area contributed by atoms with Crippen molar-refractivity contribution in [1.29, 1.82) is 0 Å². The van der Waals surface area contributed by atoms with Crippen molar-refractivity contribution < 1.29 is 10.4 Å². The highest BCUT2D eigenvalue weighted by atomic mass is 16.3. The molecule has 1 aliphatic rings. The third-order valence-corrected chi connectivity index (χ3v) is 5.60. The summed E-state index contributed by atoms with van der Waals surface area (Å²) in [5, 5.41) is 14.1. The summed E-state index contributed by atoms with van der Waals surface area (Å²) in [4.78, 5) is 0. The molecule has 4 unspecified atom stereocenters. The van der Waals surface area contributed by atoms with Crippen molar-refractivity contribution >= 4 is 0 Å². The smallest absolute Gasteiger partial charge is 0.118 e. The zero-order valence-electron chi connectivity index (χ0n) is 15.4. The van der Waals surface area contributed by atoms with Crippen molar-refractivity contribution in [2.24, 2.45) is 5.92 Å². The Bertz CT molecular complexity index is 697. The highest BCUT2D eigenvalue weighted by molar-refractivity contribution is 5.23. The number of quaternary nitrogens is 1. The van der Waals surface area contributed by atoms with E-state index >= 15 is 0 Å². The minimum atomic E-state index is -0.712. The lowest BCUT2D eigenvalue weighted by Gasteiger charge is -2.46. The lowest BCUT2D eigenvalue weighted by molar-refractivity contribution is -0.757. The maximum Gasteiger partial charge on any atom is 0.118 e. The molecular formula is C23H30NO+. The van der Waals surface area contributed by atoms with Crippen LogP contribution in [0.1, 0.15) is 56.3 Å². The molecule has 3 rings (SSSR count). The summed E-state index contributed by atoms with van der Waals surface area (Å²) in [7, 11) is 0. The normalized spacial score (nSPS) is 29.3. The van der Waals surface area contributed by atoms with Crippen LogP contribution in [0.25, 0.3) is 0 Å². The van der Waals surface area contributed by atoms with E-state index in [1.54, 1.807) is 0 Å². The summed E-state index contributed by atoms with van der Waals surface area (Å²) in [5.41, 5.74) is 2.94. The van der Waals surface area contributed by atoms with Gasteiger partial charge in [0, 0.05) is 23.5 Å². The van der Waals surface area contributed by atoms with Gasteiger partial charge in [0.15, 0.2) is 0 Å². The number of piperidine rings is 1. The van der Waals surface area contributed by atoms with Gasteiger partial charge in [0.25, 0.3) is 0 Å². The second-order valence-corrected chi connectivity index (χ2v) is 7.60. The van der Waals surface area contributed by atoms with Crippen LogP contribution in [0.4, 0.5) is 0 Å². The molecule has 1 fully saturated rings. The van der Waals surface area contributed by atoms with E-state index < -0.39 is 5.60 Å². The number of hydrogen-bond donors (Lipinski definition) is 2. The van der Waals surface area contributed by atoms with E-state index in [1.165, 1.54) is 11.1 Å². The van der Waals surface area contributed by atoms with Gasteiger partial charge in [0.05, 0.1) is 5.60 Å². The summed E-state index contributed by atoms with van der Waals surface area (Å²) in [5.74, 6) is 0.214. The van der Waals surface area contributed by atoms with Crippen LogP contribution >= 0.6 is 0 Å². The number of hydrogen-bond acceptors (Lipinski definition) is 1. The van der Waals surface area contributed by atoms with E-state index in [-0.39, 0.29) is 18.0 Å². The van der Waals surface area contributed by atoms with E-state index in [4.69, 9.17) is 0 Å². The number of benzene rings is 2. The van der Waals surface area contributed by atoms with E-state index in [9.17, 15) is 5.11 Å². The topological polar surface area (TPSA) is 36.8 Å². The predicted octanol–water partition coefficient (Wildman–Crippen LogP) is 4.16. The second-order valence-electron chi connectivity index (χ2n) is 7.60. The quantitative estimate of drug-likeness (QED) is 0.790. The van der Waals surface area contributed by atoms with Gasteiger partial charge in [-0.05, 0) is 19.8 Å². The highest BCUT2D eigenvalue weighted by Crippen LogP contribution is 2.43. The molecule has 132 valence electrons. The average molecular weight is 336 g/mol. The third-order valence-electron chi connectivity index (χ3n) is 5.60. The van der Waals surface area contributed by atoms with Gasteiger partial charge in [-0.2, -0.15) is 0 Å². The van der Waals surface area contributed by atoms with Crippen LogP contribution in [0.3, 0.4) is 0 Å². The van der Waals surface area contributed by atoms with Gasteiger partial charge in [0.2, 0.25) is 0 Å². The van der Waals surface area contributed by atoms with Crippen LogP contribution in [0, 0.1) is 5.92 Å². The fourth-order valence-corrected chi connectivity index (χ4v) is 4.63. The van der Waals surface area contributed by atoms with Gasteiger partial charge in [-0.25, -0.2) is 0 Å². The molecule has 0 aliphatic carbocycles. The molecule has 25 heavy (non-hydrogen) atoms. The Morgan fingerprint density at radius 1 is 1.08 bits per heavy atom. The molecule has 3 N–H and O–H groups in total. The lowest BCUT2D eigenvalue weighted by atomic mass is 9.67. The Hall–Kier alpha value is -1.90. The minimum Gasteiger partial charge on any atom is -0.389 e. The zero-order valence-corrected chi connectivity index (χ0v) is 15.4. The van der Waals surface area contributed by atoms with Crippen molar-refractivity contribution in [2.75, 3.05) is 0 Å². The maximum atomic E-state index is 11.7. The first-order valence-electron chi connectivity index (χ1n) is 9.35. The zero-order chi connectivity index (χ0) is 17.9. The Morgan fingerprint density at radius 2 is 1.64 bits per heavy atom. The first-order chi connectivity index (χ1) is 12.0. The number of nitrogens with two attached hydrogens (primary N) is 1. The van der Waals surface area contributed by atoms with Crippen LogP contribution in [0.15, 0.2) is 72.8 Å². The molecule has 2 aromatic carbocycles. The maximum absolute atomic E-state index is 11.7. The fourth-order valence-electron chi connectivity index (χ4n) is 4.63. The molecule has 4 atom stereocenters. The van der Waals surface area contributed by atoms with E-state index in [0.717, 1.165) is 18.4 Å².